The number of benzene rings is 2. The van der Waals surface area contributed by atoms with Gasteiger partial charge in [0.1, 0.15) is 5.69 Å². The van der Waals surface area contributed by atoms with Crippen LogP contribution >= 0.6 is 11.6 Å². The molecule has 0 aliphatic carbocycles. The van der Waals surface area contributed by atoms with Crippen molar-refractivity contribution in [2.24, 2.45) is 0 Å². The number of nitro benzene ring substituents is 1. The lowest BCUT2D eigenvalue weighted by atomic mass is 10.0. The highest BCUT2D eigenvalue weighted by Gasteiger charge is 2.28. The molecule has 0 aromatic heterocycles. The van der Waals surface area contributed by atoms with Gasteiger partial charge in [0.25, 0.3) is 5.69 Å². The van der Waals surface area contributed by atoms with Crippen molar-refractivity contribution in [2.45, 2.75) is 26.1 Å². The molecule has 26 heavy (non-hydrogen) atoms. The van der Waals surface area contributed by atoms with Gasteiger partial charge in [-0.1, -0.05) is 11.6 Å². The first-order chi connectivity index (χ1) is 12.3. The van der Waals surface area contributed by atoms with E-state index in [1.165, 1.54) is 6.07 Å². The molecule has 2 aromatic rings. The fourth-order valence-corrected chi connectivity index (χ4v) is 3.35. The summed E-state index contributed by atoms with van der Waals surface area (Å²) in [6.45, 7) is 5.01. The highest BCUT2D eigenvalue weighted by atomic mass is 35.5. The SMILES string of the molecule is CC1CN(c2ccc(C(=O)c3ccc(Cl)cc3)cc2[N+](=O)[O-])CC(C)O1. The molecule has 0 amide bonds. The molecule has 6 nitrogen and oxygen atoms in total. The first-order valence-electron chi connectivity index (χ1n) is 8.34. The fraction of sp³-hybridized carbons (Fsp3) is 0.316. The predicted molar refractivity (Wildman–Crippen MR) is 100 cm³/mol. The molecule has 3 rings (SSSR count). The molecule has 0 spiro atoms. The van der Waals surface area contributed by atoms with Gasteiger partial charge < -0.3 is 9.64 Å². The number of nitrogens with zero attached hydrogens (tertiary/aromatic N) is 2. The Kier molecular flexibility index (Phi) is 5.25. The van der Waals surface area contributed by atoms with E-state index in [4.69, 9.17) is 16.3 Å². The van der Waals surface area contributed by atoms with Gasteiger partial charge in [0.2, 0.25) is 0 Å². The van der Waals surface area contributed by atoms with E-state index in [1.807, 2.05) is 18.7 Å². The maximum atomic E-state index is 12.6. The largest absolute Gasteiger partial charge is 0.372 e. The highest BCUT2D eigenvalue weighted by Crippen LogP contribution is 2.32. The predicted octanol–water partition coefficient (Wildman–Crippen LogP) is 4.09. The number of halogens is 1. The first-order valence-corrected chi connectivity index (χ1v) is 8.72. The third kappa shape index (κ3) is 3.86. The average Bonchev–Trinajstić information content (AvgIpc) is 2.60. The molecule has 2 unspecified atom stereocenters. The van der Waals surface area contributed by atoms with Crippen LogP contribution in [0, 0.1) is 10.1 Å². The summed E-state index contributed by atoms with van der Waals surface area (Å²) in [6.07, 6.45) is -0.0394. The highest BCUT2D eigenvalue weighted by molar-refractivity contribution is 6.30. The molecule has 1 aliphatic rings. The van der Waals surface area contributed by atoms with Crippen LogP contribution in [0.2, 0.25) is 5.02 Å². The Morgan fingerprint density at radius 3 is 2.27 bits per heavy atom. The Labute approximate surface area is 156 Å². The molecule has 1 fully saturated rings. The van der Waals surface area contributed by atoms with E-state index in [2.05, 4.69) is 0 Å². The molecule has 1 heterocycles. The van der Waals surface area contributed by atoms with Gasteiger partial charge in [0, 0.05) is 35.3 Å². The van der Waals surface area contributed by atoms with Gasteiger partial charge in [-0.2, -0.15) is 0 Å². The molecule has 136 valence electrons. The Hall–Kier alpha value is -2.44. The number of hydrogen-bond donors (Lipinski definition) is 0. The molecular formula is C19H19ClN2O4. The minimum absolute atomic E-state index is 0.0197. The summed E-state index contributed by atoms with van der Waals surface area (Å²) < 4.78 is 5.69. The van der Waals surface area contributed by atoms with Gasteiger partial charge in [-0.15, -0.1) is 0 Å². The zero-order valence-electron chi connectivity index (χ0n) is 14.5. The lowest BCUT2D eigenvalue weighted by Crippen LogP contribution is -2.45. The maximum Gasteiger partial charge on any atom is 0.293 e. The van der Waals surface area contributed by atoms with Crippen LogP contribution in [-0.4, -0.2) is 36.0 Å². The van der Waals surface area contributed by atoms with Crippen molar-refractivity contribution in [3.63, 3.8) is 0 Å². The number of carbonyl (C=O) groups excluding carboxylic acids is 1. The van der Waals surface area contributed by atoms with Crippen molar-refractivity contribution in [3.8, 4) is 0 Å². The van der Waals surface area contributed by atoms with Gasteiger partial charge >= 0.3 is 0 Å². The Balaban J connectivity index is 1.95. The van der Waals surface area contributed by atoms with E-state index in [9.17, 15) is 14.9 Å². The first kappa shape index (κ1) is 18.4. The normalized spacial score (nSPS) is 20.0. The number of rotatable bonds is 4. The molecule has 0 saturated carbocycles. The minimum Gasteiger partial charge on any atom is -0.372 e. The van der Waals surface area contributed by atoms with Gasteiger partial charge in [-0.05, 0) is 50.2 Å². The van der Waals surface area contributed by atoms with Crippen LogP contribution in [0.15, 0.2) is 42.5 Å². The molecule has 1 aliphatic heterocycles. The smallest absolute Gasteiger partial charge is 0.293 e. The molecule has 0 N–H and O–H groups in total. The zero-order valence-corrected chi connectivity index (χ0v) is 15.3. The fourth-order valence-electron chi connectivity index (χ4n) is 3.22. The summed E-state index contributed by atoms with van der Waals surface area (Å²) in [5.74, 6) is -0.278. The summed E-state index contributed by atoms with van der Waals surface area (Å²) >= 11 is 5.84. The zero-order chi connectivity index (χ0) is 18.8. The molecular weight excluding hydrogens is 356 g/mol. The van der Waals surface area contributed by atoms with Gasteiger partial charge in [-0.3, -0.25) is 14.9 Å². The second-order valence-electron chi connectivity index (χ2n) is 6.46. The van der Waals surface area contributed by atoms with Crippen LogP contribution in [0.3, 0.4) is 0 Å². The van der Waals surface area contributed by atoms with Crippen LogP contribution in [0.25, 0.3) is 0 Å². The summed E-state index contributed by atoms with van der Waals surface area (Å²) in [5, 5.41) is 12.1. The van der Waals surface area contributed by atoms with Gasteiger partial charge in [0.15, 0.2) is 5.78 Å². The standard InChI is InChI=1S/C19H19ClN2O4/c1-12-10-21(11-13(2)26-12)17-8-5-15(9-18(17)22(24)25)19(23)14-3-6-16(20)7-4-14/h3-9,12-13H,10-11H2,1-2H3. The van der Waals surface area contributed by atoms with Gasteiger partial charge in [-0.25, -0.2) is 0 Å². The Morgan fingerprint density at radius 1 is 1.12 bits per heavy atom. The molecule has 0 radical (unpaired) electrons. The summed E-state index contributed by atoms with van der Waals surface area (Å²) in [7, 11) is 0. The summed E-state index contributed by atoms with van der Waals surface area (Å²) in [5.41, 5.74) is 1.14. The van der Waals surface area contributed by atoms with Crippen molar-refractivity contribution < 1.29 is 14.5 Å². The molecule has 1 saturated heterocycles. The summed E-state index contributed by atoms with van der Waals surface area (Å²) in [6, 6.07) is 11.1. The van der Waals surface area contributed by atoms with Crippen molar-refractivity contribution in [3.05, 3.63) is 68.7 Å². The molecule has 7 heteroatoms. The van der Waals surface area contributed by atoms with Crippen LogP contribution < -0.4 is 4.90 Å². The van der Waals surface area contributed by atoms with Crippen molar-refractivity contribution >= 4 is 28.8 Å². The lowest BCUT2D eigenvalue weighted by molar-refractivity contribution is -0.384. The van der Waals surface area contributed by atoms with E-state index < -0.39 is 4.92 Å². The number of morpholine rings is 1. The molecule has 0 bridgehead atoms. The van der Waals surface area contributed by atoms with Crippen LogP contribution in [-0.2, 0) is 4.74 Å². The third-order valence-corrected chi connectivity index (χ3v) is 4.55. The third-order valence-electron chi connectivity index (χ3n) is 4.30. The Bertz CT molecular complexity index is 828. The lowest BCUT2D eigenvalue weighted by Gasteiger charge is -2.36. The number of ether oxygens (including phenoxy) is 1. The van der Waals surface area contributed by atoms with E-state index in [0.29, 0.717) is 29.4 Å². The molecule has 2 aromatic carbocycles. The van der Waals surface area contributed by atoms with E-state index >= 15 is 0 Å². The van der Waals surface area contributed by atoms with Gasteiger partial charge in [0.05, 0.1) is 17.1 Å². The number of ketones is 1. The van der Waals surface area contributed by atoms with E-state index in [1.54, 1.807) is 36.4 Å². The van der Waals surface area contributed by atoms with E-state index in [0.717, 1.165) is 0 Å². The van der Waals surface area contributed by atoms with Crippen molar-refractivity contribution in [2.75, 3.05) is 18.0 Å². The number of anilines is 1. The van der Waals surface area contributed by atoms with Crippen LogP contribution in [0.1, 0.15) is 29.8 Å². The second-order valence-corrected chi connectivity index (χ2v) is 6.90. The Morgan fingerprint density at radius 2 is 1.69 bits per heavy atom. The maximum absolute atomic E-state index is 12.6. The topological polar surface area (TPSA) is 72.7 Å². The number of carbonyl (C=O) groups is 1. The molecule has 2 atom stereocenters. The summed E-state index contributed by atoms with van der Waals surface area (Å²) in [4.78, 5) is 25.7. The minimum atomic E-state index is -0.446. The van der Waals surface area contributed by atoms with Crippen LogP contribution in [0.4, 0.5) is 11.4 Å². The van der Waals surface area contributed by atoms with Crippen molar-refractivity contribution in [1.29, 1.82) is 0 Å². The van der Waals surface area contributed by atoms with Crippen molar-refractivity contribution in [1.82, 2.24) is 0 Å². The van der Waals surface area contributed by atoms with E-state index in [-0.39, 0.29) is 29.2 Å². The monoisotopic (exact) mass is 374 g/mol. The second kappa shape index (κ2) is 7.43. The number of hydrogen-bond acceptors (Lipinski definition) is 5. The average molecular weight is 375 g/mol. The number of nitro groups is 1. The van der Waals surface area contributed by atoms with Crippen LogP contribution in [0.5, 0.6) is 0 Å². The quantitative estimate of drug-likeness (QED) is 0.457.